The molecule has 3 rings (SSSR count). The van der Waals surface area contributed by atoms with Gasteiger partial charge in [0.1, 0.15) is 0 Å². The van der Waals surface area contributed by atoms with E-state index in [0.29, 0.717) is 11.1 Å². The van der Waals surface area contributed by atoms with Crippen LogP contribution in [0.2, 0.25) is 0 Å². The molecule has 0 bridgehead atoms. The van der Waals surface area contributed by atoms with Gasteiger partial charge in [0.15, 0.2) is 0 Å². The molecule has 0 aliphatic heterocycles. The second kappa shape index (κ2) is 7.96. The van der Waals surface area contributed by atoms with Gasteiger partial charge in [0.05, 0.1) is 5.75 Å². The van der Waals surface area contributed by atoms with E-state index in [4.69, 9.17) is 4.42 Å². The third-order valence-corrected chi connectivity index (χ3v) is 4.96. The van der Waals surface area contributed by atoms with Crippen LogP contribution >= 0.6 is 11.8 Å². The lowest BCUT2D eigenvalue weighted by atomic mass is 9.87. The monoisotopic (exact) mass is 381 g/mol. The molecule has 27 heavy (non-hydrogen) atoms. The van der Waals surface area contributed by atoms with Gasteiger partial charge in [0.25, 0.3) is 5.22 Å². The smallest absolute Gasteiger partial charge is 0.277 e. The summed E-state index contributed by atoms with van der Waals surface area (Å²) >= 11 is 1.22. The number of benzene rings is 2. The van der Waals surface area contributed by atoms with Crippen molar-refractivity contribution < 1.29 is 9.21 Å². The maximum Gasteiger partial charge on any atom is 0.277 e. The van der Waals surface area contributed by atoms with Crippen LogP contribution in [-0.2, 0) is 10.2 Å². The molecule has 0 saturated heterocycles. The lowest BCUT2D eigenvalue weighted by molar-refractivity contribution is -0.113. The zero-order chi connectivity index (χ0) is 19.4. The van der Waals surface area contributed by atoms with Crippen LogP contribution in [-0.4, -0.2) is 21.9 Å². The third kappa shape index (κ3) is 4.98. The average molecular weight is 382 g/mol. The normalized spacial score (nSPS) is 11.4. The summed E-state index contributed by atoms with van der Waals surface area (Å²) in [6.07, 6.45) is 0. The third-order valence-electron chi connectivity index (χ3n) is 4.14. The van der Waals surface area contributed by atoms with Gasteiger partial charge in [-0.25, -0.2) is 0 Å². The summed E-state index contributed by atoms with van der Waals surface area (Å²) < 4.78 is 5.67. The van der Waals surface area contributed by atoms with Crippen molar-refractivity contribution in [2.45, 2.75) is 38.3 Å². The summed E-state index contributed by atoms with van der Waals surface area (Å²) in [6, 6.07) is 15.7. The fourth-order valence-corrected chi connectivity index (χ4v) is 3.13. The van der Waals surface area contributed by atoms with Crippen LogP contribution in [0.3, 0.4) is 0 Å². The molecule has 0 saturated carbocycles. The molecule has 0 radical (unpaired) electrons. The highest BCUT2D eigenvalue weighted by molar-refractivity contribution is 7.99. The van der Waals surface area contributed by atoms with Crippen LogP contribution in [0.5, 0.6) is 0 Å². The van der Waals surface area contributed by atoms with Crippen LogP contribution in [0, 0.1) is 6.92 Å². The van der Waals surface area contributed by atoms with Gasteiger partial charge in [-0.15, -0.1) is 10.2 Å². The Kier molecular flexibility index (Phi) is 5.65. The van der Waals surface area contributed by atoms with E-state index in [-0.39, 0.29) is 17.1 Å². The largest absolute Gasteiger partial charge is 0.411 e. The van der Waals surface area contributed by atoms with Gasteiger partial charge < -0.3 is 9.73 Å². The summed E-state index contributed by atoms with van der Waals surface area (Å²) in [6.45, 7) is 8.47. The number of nitrogens with zero attached hydrogens (tertiary/aromatic N) is 2. The molecule has 1 N–H and O–H groups in total. The van der Waals surface area contributed by atoms with Gasteiger partial charge in [0, 0.05) is 11.3 Å². The van der Waals surface area contributed by atoms with E-state index >= 15 is 0 Å². The summed E-state index contributed by atoms with van der Waals surface area (Å²) in [4.78, 5) is 12.2. The van der Waals surface area contributed by atoms with Crippen molar-refractivity contribution in [3.05, 3.63) is 59.7 Å². The number of rotatable bonds is 5. The molecule has 0 aliphatic carbocycles. The van der Waals surface area contributed by atoms with Crippen molar-refractivity contribution in [2.24, 2.45) is 0 Å². The van der Waals surface area contributed by atoms with E-state index in [2.05, 4.69) is 36.3 Å². The number of amides is 1. The molecule has 0 unspecified atom stereocenters. The summed E-state index contributed by atoms with van der Waals surface area (Å²) in [5.41, 5.74) is 4.06. The number of carbonyl (C=O) groups excluding carboxylic acids is 1. The highest BCUT2D eigenvalue weighted by atomic mass is 32.2. The van der Waals surface area contributed by atoms with E-state index in [1.165, 1.54) is 17.3 Å². The van der Waals surface area contributed by atoms with Gasteiger partial charge in [-0.1, -0.05) is 62.9 Å². The van der Waals surface area contributed by atoms with Crippen molar-refractivity contribution in [3.63, 3.8) is 0 Å². The number of nitrogens with one attached hydrogen (secondary N) is 1. The Bertz CT molecular complexity index is 927. The molecule has 6 heteroatoms. The molecule has 0 spiro atoms. The van der Waals surface area contributed by atoms with Crippen LogP contribution in [0.15, 0.2) is 58.2 Å². The molecular weight excluding hydrogens is 358 g/mol. The molecule has 1 amide bonds. The molecular formula is C21H23N3O2S. The fraction of sp³-hybridized carbons (Fsp3) is 0.286. The van der Waals surface area contributed by atoms with E-state index < -0.39 is 0 Å². The molecule has 5 nitrogen and oxygen atoms in total. The maximum atomic E-state index is 12.2. The van der Waals surface area contributed by atoms with E-state index in [9.17, 15) is 4.79 Å². The van der Waals surface area contributed by atoms with Crippen molar-refractivity contribution in [1.82, 2.24) is 10.2 Å². The summed E-state index contributed by atoms with van der Waals surface area (Å²) in [5.74, 6) is 0.559. The Morgan fingerprint density at radius 3 is 2.44 bits per heavy atom. The van der Waals surface area contributed by atoms with Crippen molar-refractivity contribution in [1.29, 1.82) is 0 Å². The van der Waals surface area contributed by atoms with E-state index in [1.807, 2.05) is 55.5 Å². The zero-order valence-electron chi connectivity index (χ0n) is 15.9. The minimum atomic E-state index is -0.112. The number of hydrogen-bond acceptors (Lipinski definition) is 5. The molecule has 140 valence electrons. The van der Waals surface area contributed by atoms with Crippen molar-refractivity contribution >= 4 is 23.4 Å². The zero-order valence-corrected chi connectivity index (χ0v) is 16.8. The van der Waals surface area contributed by atoms with Gasteiger partial charge in [-0.05, 0) is 41.7 Å². The van der Waals surface area contributed by atoms with Crippen molar-refractivity contribution in [3.8, 4) is 11.5 Å². The molecule has 0 aliphatic rings. The predicted molar refractivity (Wildman–Crippen MR) is 109 cm³/mol. The Balaban J connectivity index is 1.56. The number of hydrogen-bond donors (Lipinski definition) is 1. The lowest BCUT2D eigenvalue weighted by Crippen LogP contribution is -2.15. The van der Waals surface area contributed by atoms with E-state index in [1.54, 1.807) is 0 Å². The van der Waals surface area contributed by atoms with Gasteiger partial charge in [-0.3, -0.25) is 4.79 Å². The Morgan fingerprint density at radius 2 is 1.78 bits per heavy atom. The molecule has 0 fully saturated rings. The number of carbonyl (C=O) groups is 1. The number of aryl methyl sites for hydroxylation is 1. The highest BCUT2D eigenvalue weighted by Crippen LogP contribution is 2.26. The number of anilines is 1. The minimum Gasteiger partial charge on any atom is -0.411 e. The van der Waals surface area contributed by atoms with E-state index in [0.717, 1.165) is 16.8 Å². The van der Waals surface area contributed by atoms with Crippen LogP contribution in [0.25, 0.3) is 11.5 Å². The topological polar surface area (TPSA) is 68.0 Å². The van der Waals surface area contributed by atoms with Gasteiger partial charge in [-0.2, -0.15) is 0 Å². The molecule has 1 aromatic heterocycles. The average Bonchev–Trinajstić information content (AvgIpc) is 3.09. The second-order valence-corrected chi connectivity index (χ2v) is 8.28. The van der Waals surface area contributed by atoms with Crippen LogP contribution in [0.1, 0.15) is 31.9 Å². The first kappa shape index (κ1) is 19.2. The fourth-order valence-electron chi connectivity index (χ4n) is 2.57. The predicted octanol–water partition coefficient (Wildman–Crippen LogP) is 5.07. The van der Waals surface area contributed by atoms with Crippen molar-refractivity contribution in [2.75, 3.05) is 11.1 Å². The first-order valence-electron chi connectivity index (χ1n) is 8.75. The Labute approximate surface area is 163 Å². The second-order valence-electron chi connectivity index (χ2n) is 7.35. The molecule has 1 heterocycles. The summed E-state index contributed by atoms with van der Waals surface area (Å²) in [7, 11) is 0. The number of aromatic nitrogens is 2. The molecule has 2 aromatic carbocycles. The SMILES string of the molecule is Cc1ccccc1-c1nnc(SCC(=O)Nc2ccc(C(C)(C)C)cc2)o1. The first-order valence-corrected chi connectivity index (χ1v) is 9.74. The maximum absolute atomic E-state index is 12.2. The Hall–Kier alpha value is -2.60. The first-order chi connectivity index (χ1) is 12.8. The molecule has 3 aromatic rings. The van der Waals surface area contributed by atoms with Crippen LogP contribution < -0.4 is 5.32 Å². The Morgan fingerprint density at radius 1 is 1.07 bits per heavy atom. The number of thioether (sulfide) groups is 1. The van der Waals surface area contributed by atoms with Gasteiger partial charge >= 0.3 is 0 Å². The minimum absolute atomic E-state index is 0.0885. The lowest BCUT2D eigenvalue weighted by Gasteiger charge is -2.19. The quantitative estimate of drug-likeness (QED) is 0.625. The van der Waals surface area contributed by atoms with Gasteiger partial charge in [0.2, 0.25) is 11.8 Å². The van der Waals surface area contributed by atoms with Crippen LogP contribution in [0.4, 0.5) is 5.69 Å². The highest BCUT2D eigenvalue weighted by Gasteiger charge is 2.14. The molecule has 0 atom stereocenters. The standard InChI is InChI=1S/C21H23N3O2S/c1-14-7-5-6-8-17(14)19-23-24-20(26-19)27-13-18(25)22-16-11-9-15(10-12-16)21(2,3)4/h5-12H,13H2,1-4H3,(H,22,25). The summed E-state index contributed by atoms with van der Waals surface area (Å²) in [5, 5.41) is 11.4.